The van der Waals surface area contributed by atoms with E-state index in [0.717, 1.165) is 11.3 Å². The molecule has 0 aromatic heterocycles. The molecule has 19 heavy (non-hydrogen) atoms. The predicted octanol–water partition coefficient (Wildman–Crippen LogP) is 2.57. The van der Waals surface area contributed by atoms with Crippen molar-refractivity contribution in [3.63, 3.8) is 0 Å². The molecule has 0 saturated heterocycles. The summed E-state index contributed by atoms with van der Waals surface area (Å²) in [5.41, 5.74) is 1.16. The zero-order valence-corrected chi connectivity index (χ0v) is 12.0. The molecule has 0 spiro atoms. The molecule has 0 amide bonds. The third-order valence-corrected chi connectivity index (χ3v) is 3.98. The van der Waals surface area contributed by atoms with Gasteiger partial charge in [-0.2, -0.15) is 0 Å². The van der Waals surface area contributed by atoms with Crippen molar-refractivity contribution in [1.29, 1.82) is 0 Å². The molecule has 1 rings (SSSR count). The molecule has 5 nitrogen and oxygen atoms in total. The van der Waals surface area contributed by atoms with Gasteiger partial charge in [-0.25, -0.2) is 0 Å². The van der Waals surface area contributed by atoms with Gasteiger partial charge in [0, 0.05) is 31.3 Å². The van der Waals surface area contributed by atoms with Gasteiger partial charge < -0.3 is 9.47 Å². The van der Waals surface area contributed by atoms with Crippen molar-refractivity contribution in [3.05, 3.63) is 46.0 Å². The van der Waals surface area contributed by atoms with Crippen molar-refractivity contribution in [2.75, 3.05) is 20.8 Å². The standard InChI is InChI=1S/C13H19NO4S/c1-17-13(18-2)8-12(9-14(15)16)19-10-11-6-4-3-5-7-11/h3-7,12-13H,8-10H2,1-2H3. The van der Waals surface area contributed by atoms with E-state index in [4.69, 9.17) is 9.47 Å². The number of hydrogen-bond acceptors (Lipinski definition) is 5. The minimum absolute atomic E-state index is 0.0826. The average molecular weight is 285 g/mol. The molecule has 1 unspecified atom stereocenters. The topological polar surface area (TPSA) is 61.6 Å². The van der Waals surface area contributed by atoms with Gasteiger partial charge in [-0.3, -0.25) is 10.1 Å². The smallest absolute Gasteiger partial charge is 0.215 e. The second-order valence-corrected chi connectivity index (χ2v) is 5.36. The maximum absolute atomic E-state index is 10.7. The van der Waals surface area contributed by atoms with Crippen LogP contribution in [0.15, 0.2) is 30.3 Å². The highest BCUT2D eigenvalue weighted by Gasteiger charge is 2.21. The third-order valence-electron chi connectivity index (χ3n) is 2.66. The number of rotatable bonds is 9. The quantitative estimate of drug-likeness (QED) is 0.396. The van der Waals surface area contributed by atoms with E-state index in [1.54, 1.807) is 26.0 Å². The van der Waals surface area contributed by atoms with Crippen LogP contribution in [0.25, 0.3) is 0 Å². The van der Waals surface area contributed by atoms with Crippen molar-refractivity contribution in [3.8, 4) is 0 Å². The Hall–Kier alpha value is -1.11. The minimum atomic E-state index is -0.395. The van der Waals surface area contributed by atoms with Crippen LogP contribution in [0.2, 0.25) is 0 Å². The maximum atomic E-state index is 10.7. The average Bonchev–Trinajstić information content (AvgIpc) is 2.42. The first-order chi connectivity index (χ1) is 9.15. The SMILES string of the molecule is COC(CC(C[N+](=O)[O-])SCc1ccccc1)OC. The van der Waals surface area contributed by atoms with E-state index in [-0.39, 0.29) is 16.7 Å². The number of thioether (sulfide) groups is 1. The summed E-state index contributed by atoms with van der Waals surface area (Å²) in [4.78, 5) is 10.4. The van der Waals surface area contributed by atoms with Crippen molar-refractivity contribution in [1.82, 2.24) is 0 Å². The van der Waals surface area contributed by atoms with E-state index in [1.807, 2.05) is 30.3 Å². The Bertz CT molecular complexity index is 370. The molecule has 0 aliphatic rings. The molecule has 1 aromatic carbocycles. The second-order valence-electron chi connectivity index (χ2n) is 4.07. The van der Waals surface area contributed by atoms with Crippen LogP contribution in [0.3, 0.4) is 0 Å². The highest BCUT2D eigenvalue weighted by atomic mass is 32.2. The third kappa shape index (κ3) is 6.56. The molecule has 0 bridgehead atoms. The highest BCUT2D eigenvalue weighted by molar-refractivity contribution is 7.99. The van der Waals surface area contributed by atoms with Gasteiger partial charge in [-0.1, -0.05) is 30.3 Å². The van der Waals surface area contributed by atoms with Crippen LogP contribution in [0.5, 0.6) is 0 Å². The normalized spacial score (nSPS) is 12.6. The van der Waals surface area contributed by atoms with Gasteiger partial charge in [0.1, 0.15) is 0 Å². The molecule has 1 aromatic rings. The number of benzene rings is 1. The lowest BCUT2D eigenvalue weighted by Gasteiger charge is -2.18. The Morgan fingerprint density at radius 3 is 2.42 bits per heavy atom. The fraction of sp³-hybridized carbons (Fsp3) is 0.538. The first kappa shape index (κ1) is 15.9. The van der Waals surface area contributed by atoms with Crippen molar-refractivity contribution >= 4 is 11.8 Å². The zero-order chi connectivity index (χ0) is 14.1. The second kappa shape index (κ2) is 8.90. The van der Waals surface area contributed by atoms with Gasteiger partial charge in [0.05, 0.1) is 5.25 Å². The number of nitrogens with zero attached hydrogens (tertiary/aromatic N) is 1. The summed E-state index contributed by atoms with van der Waals surface area (Å²) in [7, 11) is 3.08. The van der Waals surface area contributed by atoms with E-state index in [1.165, 1.54) is 0 Å². The van der Waals surface area contributed by atoms with Crippen molar-refractivity contribution < 1.29 is 14.4 Å². The minimum Gasteiger partial charge on any atom is -0.356 e. The summed E-state index contributed by atoms with van der Waals surface area (Å²) in [6, 6.07) is 9.91. The monoisotopic (exact) mass is 285 g/mol. The van der Waals surface area contributed by atoms with E-state index >= 15 is 0 Å². The first-order valence-electron chi connectivity index (χ1n) is 5.98. The summed E-state index contributed by atoms with van der Waals surface area (Å²) < 4.78 is 10.2. The highest BCUT2D eigenvalue weighted by Crippen LogP contribution is 2.22. The van der Waals surface area contributed by atoms with Crippen LogP contribution in [0.1, 0.15) is 12.0 Å². The molecule has 0 saturated carbocycles. The molecular weight excluding hydrogens is 266 g/mol. The van der Waals surface area contributed by atoms with Gasteiger partial charge in [0.2, 0.25) is 6.54 Å². The predicted molar refractivity (Wildman–Crippen MR) is 75.8 cm³/mol. The number of nitro groups is 1. The fourth-order valence-corrected chi connectivity index (χ4v) is 2.79. The Morgan fingerprint density at radius 2 is 1.89 bits per heavy atom. The lowest BCUT2D eigenvalue weighted by molar-refractivity contribution is -0.479. The number of hydrogen-bond donors (Lipinski definition) is 0. The molecule has 0 heterocycles. The van der Waals surface area contributed by atoms with Crippen LogP contribution >= 0.6 is 11.8 Å². The lowest BCUT2D eigenvalue weighted by Crippen LogP contribution is -2.25. The molecule has 0 N–H and O–H groups in total. The van der Waals surface area contributed by atoms with Gasteiger partial charge in [-0.05, 0) is 5.56 Å². The van der Waals surface area contributed by atoms with Crippen LogP contribution in [0, 0.1) is 10.1 Å². The zero-order valence-electron chi connectivity index (χ0n) is 11.2. The number of methoxy groups -OCH3 is 2. The van der Waals surface area contributed by atoms with E-state index < -0.39 is 6.29 Å². The Balaban J connectivity index is 2.51. The summed E-state index contributed by atoms with van der Waals surface area (Å²) in [6.45, 7) is -0.0826. The Labute approximate surface area is 117 Å². The molecule has 106 valence electrons. The Kier molecular flexibility index (Phi) is 7.47. The summed E-state index contributed by atoms with van der Waals surface area (Å²) >= 11 is 1.56. The first-order valence-corrected chi connectivity index (χ1v) is 7.03. The fourth-order valence-electron chi connectivity index (χ4n) is 1.65. The molecule has 0 radical (unpaired) electrons. The largest absolute Gasteiger partial charge is 0.356 e. The van der Waals surface area contributed by atoms with Crippen LogP contribution in [0.4, 0.5) is 0 Å². The van der Waals surface area contributed by atoms with Gasteiger partial charge in [0.15, 0.2) is 6.29 Å². The molecule has 0 aliphatic heterocycles. The van der Waals surface area contributed by atoms with Crippen molar-refractivity contribution in [2.45, 2.75) is 23.7 Å². The van der Waals surface area contributed by atoms with Gasteiger partial charge >= 0.3 is 0 Å². The van der Waals surface area contributed by atoms with E-state index in [2.05, 4.69) is 0 Å². The molecule has 6 heteroatoms. The summed E-state index contributed by atoms with van der Waals surface area (Å²) in [6.07, 6.45) is 0.110. The summed E-state index contributed by atoms with van der Waals surface area (Å²) in [5, 5.41) is 10.6. The van der Waals surface area contributed by atoms with Gasteiger partial charge in [0.25, 0.3) is 0 Å². The van der Waals surface area contributed by atoms with Crippen molar-refractivity contribution in [2.24, 2.45) is 0 Å². The molecular formula is C13H19NO4S. The molecule has 0 fully saturated rings. The van der Waals surface area contributed by atoms with Crippen LogP contribution in [-0.2, 0) is 15.2 Å². The molecule has 1 atom stereocenters. The van der Waals surface area contributed by atoms with Crippen LogP contribution in [-0.4, -0.2) is 37.2 Å². The maximum Gasteiger partial charge on any atom is 0.215 e. The number of ether oxygens (including phenoxy) is 2. The summed E-state index contributed by atoms with van der Waals surface area (Å²) in [5.74, 6) is 0.749. The van der Waals surface area contributed by atoms with E-state index in [9.17, 15) is 10.1 Å². The van der Waals surface area contributed by atoms with Gasteiger partial charge in [-0.15, -0.1) is 11.8 Å². The van der Waals surface area contributed by atoms with E-state index in [0.29, 0.717) is 6.42 Å². The van der Waals surface area contributed by atoms with Crippen LogP contribution < -0.4 is 0 Å². The lowest BCUT2D eigenvalue weighted by atomic mass is 10.2. The Morgan fingerprint density at radius 1 is 1.26 bits per heavy atom. The molecule has 0 aliphatic carbocycles.